The van der Waals surface area contributed by atoms with Crippen LogP contribution in [-0.4, -0.2) is 33.3 Å². The highest BCUT2D eigenvalue weighted by molar-refractivity contribution is 6.02. The first kappa shape index (κ1) is 28.5. The van der Waals surface area contributed by atoms with Gasteiger partial charge in [0.1, 0.15) is 24.7 Å². The van der Waals surface area contributed by atoms with Crippen molar-refractivity contribution >= 4 is 29.0 Å². The molecule has 9 nitrogen and oxygen atoms in total. The minimum absolute atomic E-state index is 0.0819. The van der Waals surface area contributed by atoms with Crippen molar-refractivity contribution < 1.29 is 23.5 Å². The van der Waals surface area contributed by atoms with Crippen molar-refractivity contribution in [3.63, 3.8) is 0 Å². The number of amides is 1. The lowest BCUT2D eigenvalue weighted by molar-refractivity contribution is -0.148. The highest BCUT2D eigenvalue weighted by Gasteiger charge is 2.17. The molecule has 3 aromatic heterocycles. The fourth-order valence-electron chi connectivity index (χ4n) is 4.96. The number of hydrazone groups is 1. The lowest BCUT2D eigenvalue weighted by Gasteiger charge is -2.11. The smallest absolute Gasteiger partial charge is 0.326 e. The standard InChI is InChI=1S/C33H34N4O5/c1-21(2)41-32(38)19-36-24(5)29(28-8-6-7-9-30(28)36)18-34-35-33(39)31-17-16-27(42-31)20-40-26-14-12-25(13-15-26)37-22(3)10-11-23(37)4/h6-18,21H,19-20H2,1-5H3,(H,35,39)/b34-18+. The van der Waals surface area contributed by atoms with Gasteiger partial charge in [-0.3, -0.25) is 9.59 Å². The van der Waals surface area contributed by atoms with E-state index in [1.807, 2.05) is 73.9 Å². The zero-order valence-corrected chi connectivity index (χ0v) is 24.4. The van der Waals surface area contributed by atoms with Gasteiger partial charge in [-0.25, -0.2) is 5.43 Å². The summed E-state index contributed by atoms with van der Waals surface area (Å²) < 4.78 is 20.9. The van der Waals surface area contributed by atoms with Crippen LogP contribution in [0.3, 0.4) is 0 Å². The Morgan fingerprint density at radius 2 is 1.67 bits per heavy atom. The number of carbonyl (C=O) groups excluding carboxylic acids is 2. The first-order chi connectivity index (χ1) is 20.2. The molecule has 0 fully saturated rings. The van der Waals surface area contributed by atoms with Crippen LogP contribution in [0.25, 0.3) is 16.6 Å². The molecule has 5 rings (SSSR count). The third-order valence-corrected chi connectivity index (χ3v) is 6.93. The van der Waals surface area contributed by atoms with Crippen LogP contribution in [0.5, 0.6) is 5.75 Å². The number of carbonyl (C=O) groups is 2. The van der Waals surface area contributed by atoms with Crippen molar-refractivity contribution in [2.24, 2.45) is 5.10 Å². The summed E-state index contributed by atoms with van der Waals surface area (Å²) in [6, 6.07) is 23.0. The monoisotopic (exact) mass is 566 g/mol. The van der Waals surface area contributed by atoms with Crippen LogP contribution in [0.1, 0.15) is 52.8 Å². The molecule has 0 saturated heterocycles. The molecular weight excluding hydrogens is 532 g/mol. The average molecular weight is 567 g/mol. The molecule has 0 aliphatic rings. The van der Waals surface area contributed by atoms with Crippen LogP contribution in [0, 0.1) is 20.8 Å². The van der Waals surface area contributed by atoms with Crippen molar-refractivity contribution in [2.45, 2.75) is 53.9 Å². The van der Waals surface area contributed by atoms with Crippen molar-refractivity contribution in [2.75, 3.05) is 0 Å². The maximum Gasteiger partial charge on any atom is 0.326 e. The van der Waals surface area contributed by atoms with Crippen molar-refractivity contribution in [1.82, 2.24) is 14.6 Å². The number of rotatable bonds is 10. The summed E-state index contributed by atoms with van der Waals surface area (Å²) in [5.41, 5.74) is 8.42. The maximum absolute atomic E-state index is 12.7. The van der Waals surface area contributed by atoms with Gasteiger partial charge in [-0.1, -0.05) is 18.2 Å². The first-order valence-corrected chi connectivity index (χ1v) is 13.8. The Labute approximate surface area is 244 Å². The summed E-state index contributed by atoms with van der Waals surface area (Å²) in [4.78, 5) is 25.0. The lowest BCUT2D eigenvalue weighted by Crippen LogP contribution is -2.18. The van der Waals surface area contributed by atoms with Crippen molar-refractivity contribution in [3.8, 4) is 11.4 Å². The third-order valence-electron chi connectivity index (χ3n) is 6.93. The zero-order valence-electron chi connectivity index (χ0n) is 24.4. The van der Waals surface area contributed by atoms with E-state index in [0.29, 0.717) is 11.5 Å². The predicted octanol–water partition coefficient (Wildman–Crippen LogP) is 6.24. The van der Waals surface area contributed by atoms with Crippen LogP contribution >= 0.6 is 0 Å². The molecule has 0 unspecified atom stereocenters. The Kier molecular flexibility index (Phi) is 8.28. The number of benzene rings is 2. The normalized spacial score (nSPS) is 11.5. The van der Waals surface area contributed by atoms with E-state index in [1.54, 1.807) is 18.3 Å². The molecule has 0 saturated carbocycles. The number of nitrogens with one attached hydrogen (secondary N) is 1. The fraction of sp³-hybridized carbons (Fsp3) is 0.242. The minimum Gasteiger partial charge on any atom is -0.486 e. The largest absolute Gasteiger partial charge is 0.486 e. The zero-order chi connectivity index (χ0) is 29.8. The summed E-state index contributed by atoms with van der Waals surface area (Å²) in [7, 11) is 0. The number of aromatic nitrogens is 2. The van der Waals surface area contributed by atoms with E-state index < -0.39 is 5.91 Å². The molecule has 216 valence electrons. The molecule has 1 amide bonds. The van der Waals surface area contributed by atoms with Crippen LogP contribution in [0.4, 0.5) is 0 Å². The highest BCUT2D eigenvalue weighted by atomic mass is 16.5. The van der Waals surface area contributed by atoms with Crippen molar-refractivity contribution in [3.05, 3.63) is 107 Å². The number of furan rings is 1. The Morgan fingerprint density at radius 1 is 0.952 bits per heavy atom. The first-order valence-electron chi connectivity index (χ1n) is 13.8. The number of fused-ring (bicyclic) bond motifs is 1. The highest BCUT2D eigenvalue weighted by Crippen LogP contribution is 2.25. The van der Waals surface area contributed by atoms with Gasteiger partial charge in [0.25, 0.3) is 0 Å². The molecule has 0 radical (unpaired) electrons. The molecule has 2 aromatic carbocycles. The second-order valence-corrected chi connectivity index (χ2v) is 10.3. The van der Waals surface area contributed by atoms with Gasteiger partial charge in [0.05, 0.1) is 12.3 Å². The summed E-state index contributed by atoms with van der Waals surface area (Å²) in [5.74, 6) is 0.525. The molecule has 0 aliphatic heterocycles. The number of aryl methyl sites for hydroxylation is 2. The van der Waals surface area contributed by atoms with E-state index in [4.69, 9.17) is 13.9 Å². The van der Waals surface area contributed by atoms with Crippen LogP contribution in [0.15, 0.2) is 82.3 Å². The van der Waals surface area contributed by atoms with E-state index in [0.717, 1.165) is 39.2 Å². The van der Waals surface area contributed by atoms with Gasteiger partial charge in [0.15, 0.2) is 5.76 Å². The summed E-state index contributed by atoms with van der Waals surface area (Å²) >= 11 is 0. The molecule has 0 bridgehead atoms. The maximum atomic E-state index is 12.7. The number of hydrogen-bond acceptors (Lipinski definition) is 6. The number of esters is 1. The van der Waals surface area contributed by atoms with Crippen LogP contribution < -0.4 is 10.2 Å². The molecule has 0 aliphatic carbocycles. The molecule has 5 aromatic rings. The second-order valence-electron chi connectivity index (χ2n) is 10.3. The fourth-order valence-corrected chi connectivity index (χ4v) is 4.96. The quantitative estimate of drug-likeness (QED) is 0.122. The molecule has 0 spiro atoms. The SMILES string of the molecule is Cc1ccc(C)n1-c1ccc(OCc2ccc(C(=O)N/N=C/c3c(C)n(CC(=O)OC(C)C)c4ccccc34)o2)cc1. The Morgan fingerprint density at radius 3 is 2.38 bits per heavy atom. The topological polar surface area (TPSA) is 100.0 Å². The summed E-state index contributed by atoms with van der Waals surface area (Å²) in [6.45, 7) is 9.94. The van der Waals surface area contributed by atoms with E-state index in [-0.39, 0.29) is 31.0 Å². The summed E-state index contributed by atoms with van der Waals surface area (Å²) in [6.07, 6.45) is 1.38. The average Bonchev–Trinajstić information content (AvgIpc) is 3.65. The van der Waals surface area contributed by atoms with Crippen LogP contribution in [0.2, 0.25) is 0 Å². The number of nitrogens with zero attached hydrogens (tertiary/aromatic N) is 3. The van der Waals surface area contributed by atoms with Gasteiger partial charge in [0.2, 0.25) is 0 Å². The van der Waals surface area contributed by atoms with Gasteiger partial charge in [0, 0.05) is 39.2 Å². The van der Waals surface area contributed by atoms with E-state index in [2.05, 4.69) is 41.1 Å². The van der Waals surface area contributed by atoms with Gasteiger partial charge >= 0.3 is 11.9 Å². The molecule has 3 heterocycles. The number of ether oxygens (including phenoxy) is 2. The van der Waals surface area contributed by atoms with Gasteiger partial charge in [-0.05, 0) is 89.2 Å². The molecular formula is C33H34N4O5. The number of hydrogen-bond donors (Lipinski definition) is 1. The van der Waals surface area contributed by atoms with Gasteiger partial charge in [-0.2, -0.15) is 5.10 Å². The van der Waals surface area contributed by atoms with E-state index in [1.165, 1.54) is 0 Å². The predicted molar refractivity (Wildman–Crippen MR) is 161 cm³/mol. The molecule has 0 atom stereocenters. The van der Waals surface area contributed by atoms with E-state index in [9.17, 15) is 9.59 Å². The summed E-state index contributed by atoms with van der Waals surface area (Å²) in [5, 5.41) is 5.08. The lowest BCUT2D eigenvalue weighted by atomic mass is 10.1. The molecule has 1 N–H and O–H groups in total. The van der Waals surface area contributed by atoms with Crippen LogP contribution in [-0.2, 0) is 22.7 Å². The number of para-hydroxylation sites is 1. The Balaban J connectivity index is 1.20. The molecule has 42 heavy (non-hydrogen) atoms. The third kappa shape index (κ3) is 6.15. The molecule has 9 heteroatoms. The van der Waals surface area contributed by atoms with Gasteiger partial charge in [-0.15, -0.1) is 0 Å². The Hall–Kier alpha value is -5.05. The van der Waals surface area contributed by atoms with Crippen molar-refractivity contribution in [1.29, 1.82) is 0 Å². The minimum atomic E-state index is -0.485. The van der Waals surface area contributed by atoms with Gasteiger partial charge < -0.3 is 23.0 Å². The van der Waals surface area contributed by atoms with E-state index >= 15 is 0 Å². The second kappa shape index (κ2) is 12.2. The Bertz CT molecular complexity index is 1740.